The van der Waals surface area contributed by atoms with Crippen molar-refractivity contribution in [3.8, 4) is 11.5 Å². The Kier molecular flexibility index (Phi) is 7.18. The zero-order chi connectivity index (χ0) is 21.1. The van der Waals surface area contributed by atoms with Gasteiger partial charge in [0.15, 0.2) is 0 Å². The summed E-state index contributed by atoms with van der Waals surface area (Å²) in [4.78, 5) is 27.4. The van der Waals surface area contributed by atoms with Crippen LogP contribution in [0.5, 0.6) is 11.5 Å². The maximum absolute atomic E-state index is 14.6. The number of hydrogen-bond acceptors (Lipinski definition) is 4. The van der Waals surface area contributed by atoms with E-state index in [1.54, 1.807) is 4.90 Å². The molecular formula is C23H27ClFN3O3. The van der Waals surface area contributed by atoms with E-state index in [2.05, 4.69) is 5.32 Å². The van der Waals surface area contributed by atoms with Gasteiger partial charge in [-0.3, -0.25) is 9.59 Å². The molecule has 2 aromatic carbocycles. The quantitative estimate of drug-likeness (QED) is 0.735. The number of amides is 2. The van der Waals surface area contributed by atoms with Crippen molar-refractivity contribution >= 4 is 24.2 Å². The first-order valence-electron chi connectivity index (χ1n) is 10.4. The van der Waals surface area contributed by atoms with Crippen LogP contribution in [-0.2, 0) is 11.2 Å². The molecule has 0 radical (unpaired) electrons. The van der Waals surface area contributed by atoms with Gasteiger partial charge in [0, 0.05) is 13.1 Å². The summed E-state index contributed by atoms with van der Waals surface area (Å²) >= 11 is 0. The minimum Gasteiger partial charge on any atom is -0.457 e. The minimum absolute atomic E-state index is 0. The van der Waals surface area contributed by atoms with Crippen molar-refractivity contribution in [2.75, 3.05) is 19.6 Å². The number of carbonyl (C=O) groups excluding carboxylic acids is 2. The van der Waals surface area contributed by atoms with Gasteiger partial charge in [0.05, 0.1) is 5.56 Å². The number of ether oxygens (including phenoxy) is 1. The largest absolute Gasteiger partial charge is 0.457 e. The van der Waals surface area contributed by atoms with Gasteiger partial charge in [-0.2, -0.15) is 0 Å². The number of carbonyl (C=O) groups is 2. The second-order valence-electron chi connectivity index (χ2n) is 7.88. The second-order valence-corrected chi connectivity index (χ2v) is 7.88. The summed E-state index contributed by atoms with van der Waals surface area (Å²) in [6.07, 6.45) is 3.53. The lowest BCUT2D eigenvalue weighted by molar-refractivity contribution is -0.133. The monoisotopic (exact) mass is 447 g/mol. The molecule has 31 heavy (non-hydrogen) atoms. The van der Waals surface area contributed by atoms with E-state index in [4.69, 9.17) is 10.5 Å². The van der Waals surface area contributed by atoms with E-state index in [0.29, 0.717) is 44.0 Å². The predicted molar refractivity (Wildman–Crippen MR) is 118 cm³/mol. The van der Waals surface area contributed by atoms with Gasteiger partial charge < -0.3 is 20.7 Å². The van der Waals surface area contributed by atoms with Crippen LogP contribution in [0.25, 0.3) is 0 Å². The highest BCUT2D eigenvalue weighted by Gasteiger charge is 2.50. The molecule has 2 heterocycles. The number of rotatable bonds is 5. The highest BCUT2D eigenvalue weighted by atomic mass is 35.5. The molecule has 2 aromatic rings. The molecule has 2 aliphatic rings. The number of halogens is 2. The lowest BCUT2D eigenvalue weighted by Crippen LogP contribution is -2.60. The molecular weight excluding hydrogens is 421 g/mol. The van der Waals surface area contributed by atoms with Crippen LogP contribution >= 0.6 is 12.4 Å². The maximum atomic E-state index is 14.6. The standard InChI is InChI=1S/C23H26FN3O3.ClH/c24-20-8-7-18(30-17-5-3-16(4-6-17)9-12-25)15-19(20)21(28)27-14-2-11-23(27)10-1-13-26-22(23)29;/h3-8,15H,1-2,9-14,25H2,(H,26,29);1H. The number of nitrogens with two attached hydrogens (primary N) is 1. The maximum Gasteiger partial charge on any atom is 0.257 e. The van der Waals surface area contributed by atoms with Crippen LogP contribution < -0.4 is 15.8 Å². The number of piperidine rings is 1. The summed E-state index contributed by atoms with van der Waals surface area (Å²) in [6.45, 7) is 1.63. The smallest absolute Gasteiger partial charge is 0.257 e. The van der Waals surface area contributed by atoms with E-state index >= 15 is 0 Å². The SMILES string of the molecule is Cl.NCCc1ccc(Oc2ccc(F)c(C(=O)N3CCCC34CCCNC4=O)c2)cc1. The second kappa shape index (κ2) is 9.66. The molecule has 3 N–H and O–H groups in total. The Hall–Kier alpha value is -2.64. The van der Waals surface area contributed by atoms with Crippen LogP contribution in [0.4, 0.5) is 4.39 Å². The fourth-order valence-corrected chi connectivity index (χ4v) is 4.44. The van der Waals surface area contributed by atoms with E-state index in [0.717, 1.165) is 24.8 Å². The number of hydrogen-bond donors (Lipinski definition) is 2. The molecule has 6 nitrogen and oxygen atoms in total. The molecule has 0 saturated carbocycles. The predicted octanol–water partition coefficient (Wildman–Crippen LogP) is 3.43. The summed E-state index contributed by atoms with van der Waals surface area (Å²) in [7, 11) is 0. The van der Waals surface area contributed by atoms with E-state index in [9.17, 15) is 14.0 Å². The third kappa shape index (κ3) is 4.52. The zero-order valence-corrected chi connectivity index (χ0v) is 18.1. The van der Waals surface area contributed by atoms with Crippen LogP contribution in [0.15, 0.2) is 42.5 Å². The molecule has 2 saturated heterocycles. The van der Waals surface area contributed by atoms with Crippen molar-refractivity contribution in [2.45, 2.75) is 37.6 Å². The van der Waals surface area contributed by atoms with Crippen molar-refractivity contribution in [1.82, 2.24) is 10.2 Å². The first-order valence-corrected chi connectivity index (χ1v) is 10.4. The summed E-state index contributed by atoms with van der Waals surface area (Å²) in [6, 6.07) is 11.6. The van der Waals surface area contributed by atoms with Crippen LogP contribution in [-0.4, -0.2) is 41.9 Å². The number of benzene rings is 2. The van der Waals surface area contributed by atoms with E-state index in [1.807, 2.05) is 24.3 Å². The molecule has 1 atom stereocenters. The molecule has 1 spiro atoms. The first-order chi connectivity index (χ1) is 14.5. The van der Waals surface area contributed by atoms with Crippen molar-refractivity contribution in [1.29, 1.82) is 0 Å². The van der Waals surface area contributed by atoms with Gasteiger partial charge in [-0.05, 0) is 74.5 Å². The number of nitrogens with one attached hydrogen (secondary N) is 1. The van der Waals surface area contributed by atoms with Crippen molar-refractivity contribution < 1.29 is 18.7 Å². The Morgan fingerprint density at radius 3 is 2.55 bits per heavy atom. The van der Waals surface area contributed by atoms with Gasteiger partial charge in [0.25, 0.3) is 5.91 Å². The van der Waals surface area contributed by atoms with Crippen molar-refractivity contribution in [2.24, 2.45) is 5.73 Å². The van der Waals surface area contributed by atoms with Gasteiger partial charge in [-0.15, -0.1) is 12.4 Å². The van der Waals surface area contributed by atoms with Crippen LogP contribution in [0, 0.1) is 5.82 Å². The molecule has 2 fully saturated rings. The zero-order valence-electron chi connectivity index (χ0n) is 17.2. The Labute approximate surface area is 187 Å². The Morgan fingerprint density at radius 1 is 1.13 bits per heavy atom. The Bertz CT molecular complexity index is 954. The highest BCUT2D eigenvalue weighted by Crippen LogP contribution is 2.37. The summed E-state index contributed by atoms with van der Waals surface area (Å²) in [5, 5.41) is 2.86. The van der Waals surface area contributed by atoms with Gasteiger partial charge >= 0.3 is 0 Å². The lowest BCUT2D eigenvalue weighted by Gasteiger charge is -2.40. The lowest BCUT2D eigenvalue weighted by atomic mass is 9.86. The van der Waals surface area contributed by atoms with Gasteiger partial charge in [0.2, 0.25) is 5.91 Å². The average molecular weight is 448 g/mol. The minimum atomic E-state index is -0.864. The number of likely N-dealkylation sites (tertiary alicyclic amines) is 1. The molecule has 2 amide bonds. The fraction of sp³-hybridized carbons (Fsp3) is 0.391. The molecule has 8 heteroatoms. The molecule has 0 bridgehead atoms. The summed E-state index contributed by atoms with van der Waals surface area (Å²) < 4.78 is 20.4. The van der Waals surface area contributed by atoms with Crippen LogP contribution in [0.3, 0.4) is 0 Å². The van der Waals surface area contributed by atoms with Gasteiger partial charge in [-0.25, -0.2) is 4.39 Å². The highest BCUT2D eigenvalue weighted by molar-refractivity contribution is 6.00. The van der Waals surface area contributed by atoms with E-state index in [1.165, 1.54) is 18.2 Å². The van der Waals surface area contributed by atoms with E-state index in [-0.39, 0.29) is 23.9 Å². The van der Waals surface area contributed by atoms with Crippen LogP contribution in [0.2, 0.25) is 0 Å². The Morgan fingerprint density at radius 2 is 1.84 bits per heavy atom. The third-order valence-electron chi connectivity index (χ3n) is 5.97. The fourth-order valence-electron chi connectivity index (χ4n) is 4.44. The molecule has 166 valence electrons. The normalized spacial score (nSPS) is 20.3. The van der Waals surface area contributed by atoms with Gasteiger partial charge in [-0.1, -0.05) is 12.1 Å². The molecule has 0 aromatic heterocycles. The molecule has 4 rings (SSSR count). The molecule has 1 unspecified atom stereocenters. The Balaban J connectivity index is 0.00000272. The average Bonchev–Trinajstić information content (AvgIpc) is 3.17. The number of nitrogens with zero attached hydrogens (tertiary/aromatic N) is 1. The van der Waals surface area contributed by atoms with Crippen molar-refractivity contribution in [3.05, 3.63) is 59.4 Å². The van der Waals surface area contributed by atoms with Crippen molar-refractivity contribution in [3.63, 3.8) is 0 Å². The van der Waals surface area contributed by atoms with Gasteiger partial charge in [0.1, 0.15) is 22.9 Å². The first kappa shape index (κ1) is 23.0. The topological polar surface area (TPSA) is 84.7 Å². The summed E-state index contributed by atoms with van der Waals surface area (Å²) in [5.41, 5.74) is 5.73. The third-order valence-corrected chi connectivity index (χ3v) is 5.97. The molecule has 0 aliphatic carbocycles. The van der Waals surface area contributed by atoms with E-state index < -0.39 is 17.3 Å². The van der Waals surface area contributed by atoms with Crippen LogP contribution in [0.1, 0.15) is 41.6 Å². The molecule has 2 aliphatic heterocycles. The summed E-state index contributed by atoms with van der Waals surface area (Å²) in [5.74, 6) is -0.266.